The number of nitrogens with one attached hydrogen (secondary N) is 2. The van der Waals surface area contributed by atoms with Crippen molar-refractivity contribution in [1.29, 1.82) is 0 Å². The number of carboxylic acid groups (broad SMARTS) is 1. The van der Waals surface area contributed by atoms with E-state index in [0.29, 0.717) is 37.8 Å². The Hall–Kier alpha value is -4.16. The molecule has 0 radical (unpaired) electrons. The number of benzene rings is 2. The SMILES string of the molecule is O=C(Nc1ccc(OC2CCC(C(=O)O)CC2)cc1F)c1nnc(Nc2cc(F)c(F)cc2F)o1. The Bertz CT molecular complexity index is 1260. The van der Waals surface area contributed by atoms with Crippen molar-refractivity contribution in [3.63, 3.8) is 0 Å². The molecule has 1 saturated carbocycles. The summed E-state index contributed by atoms with van der Waals surface area (Å²) >= 11 is 0. The van der Waals surface area contributed by atoms with Gasteiger partial charge in [0.15, 0.2) is 11.6 Å². The quantitative estimate of drug-likeness (QED) is 0.320. The van der Waals surface area contributed by atoms with Gasteiger partial charge in [0.1, 0.15) is 17.4 Å². The molecule has 1 heterocycles. The fraction of sp³-hybridized carbons (Fsp3) is 0.273. The molecule has 35 heavy (non-hydrogen) atoms. The van der Waals surface area contributed by atoms with Crippen LogP contribution >= 0.6 is 0 Å². The molecule has 9 nitrogen and oxygen atoms in total. The minimum Gasteiger partial charge on any atom is -0.490 e. The first-order chi connectivity index (χ1) is 16.7. The zero-order valence-corrected chi connectivity index (χ0v) is 17.9. The minimum absolute atomic E-state index is 0.212. The molecule has 1 amide bonds. The van der Waals surface area contributed by atoms with Crippen molar-refractivity contribution in [3.05, 3.63) is 59.5 Å². The average molecular weight is 494 g/mol. The van der Waals surface area contributed by atoms with E-state index in [1.165, 1.54) is 12.1 Å². The zero-order chi connectivity index (χ0) is 25.1. The van der Waals surface area contributed by atoms with Crippen LogP contribution in [0.3, 0.4) is 0 Å². The maximum atomic E-state index is 14.5. The number of aromatic nitrogens is 2. The predicted molar refractivity (Wildman–Crippen MR) is 112 cm³/mol. The second-order valence-electron chi connectivity index (χ2n) is 7.81. The van der Waals surface area contributed by atoms with Gasteiger partial charge >= 0.3 is 23.8 Å². The van der Waals surface area contributed by atoms with Gasteiger partial charge in [-0.05, 0) is 37.8 Å². The lowest BCUT2D eigenvalue weighted by Crippen LogP contribution is -2.27. The van der Waals surface area contributed by atoms with Gasteiger partial charge in [0.05, 0.1) is 23.4 Å². The molecule has 1 aliphatic rings. The fourth-order valence-electron chi connectivity index (χ4n) is 3.57. The van der Waals surface area contributed by atoms with Gasteiger partial charge in [-0.15, -0.1) is 5.10 Å². The third-order valence-corrected chi connectivity index (χ3v) is 5.39. The monoisotopic (exact) mass is 494 g/mol. The van der Waals surface area contributed by atoms with E-state index in [4.69, 9.17) is 14.3 Å². The third kappa shape index (κ3) is 5.67. The van der Waals surface area contributed by atoms with E-state index in [1.54, 1.807) is 0 Å². The van der Waals surface area contributed by atoms with Gasteiger partial charge in [0.25, 0.3) is 0 Å². The summed E-state index contributed by atoms with van der Waals surface area (Å²) in [5, 5.41) is 20.4. The van der Waals surface area contributed by atoms with Crippen LogP contribution in [0, 0.1) is 29.2 Å². The lowest BCUT2D eigenvalue weighted by molar-refractivity contribution is -0.143. The molecule has 0 bridgehead atoms. The summed E-state index contributed by atoms with van der Waals surface area (Å²) in [6, 6.07) is 4.14. The molecule has 0 aliphatic heterocycles. The van der Waals surface area contributed by atoms with Crippen LogP contribution in [0.15, 0.2) is 34.7 Å². The van der Waals surface area contributed by atoms with E-state index in [-0.39, 0.29) is 17.5 Å². The Morgan fingerprint density at radius 3 is 2.29 bits per heavy atom. The largest absolute Gasteiger partial charge is 0.490 e. The molecule has 3 N–H and O–H groups in total. The number of ether oxygens (including phenoxy) is 1. The highest BCUT2D eigenvalue weighted by atomic mass is 19.2. The number of nitrogens with zero attached hydrogens (tertiary/aromatic N) is 2. The first-order valence-electron chi connectivity index (χ1n) is 10.4. The van der Waals surface area contributed by atoms with Gasteiger partial charge < -0.3 is 24.9 Å². The highest BCUT2D eigenvalue weighted by molar-refractivity contribution is 6.01. The molecule has 13 heteroatoms. The smallest absolute Gasteiger partial charge is 0.320 e. The second-order valence-corrected chi connectivity index (χ2v) is 7.81. The molecule has 0 spiro atoms. The van der Waals surface area contributed by atoms with Crippen molar-refractivity contribution in [2.24, 2.45) is 5.92 Å². The number of carboxylic acids is 1. The third-order valence-electron chi connectivity index (χ3n) is 5.39. The van der Waals surface area contributed by atoms with E-state index < -0.39 is 58.7 Å². The number of carbonyl (C=O) groups is 2. The molecule has 1 aromatic heterocycles. The van der Waals surface area contributed by atoms with Crippen molar-refractivity contribution in [2.75, 3.05) is 10.6 Å². The second kappa shape index (κ2) is 9.99. The number of aliphatic carboxylic acids is 1. The molecule has 3 aromatic rings. The van der Waals surface area contributed by atoms with Crippen molar-refractivity contribution < 1.29 is 41.4 Å². The summed E-state index contributed by atoms with van der Waals surface area (Å²) in [6.07, 6.45) is 1.76. The highest BCUT2D eigenvalue weighted by Crippen LogP contribution is 2.29. The molecule has 0 unspecified atom stereocenters. The molecule has 1 fully saturated rings. The van der Waals surface area contributed by atoms with Gasteiger partial charge in [-0.2, -0.15) is 0 Å². The van der Waals surface area contributed by atoms with E-state index in [1.807, 2.05) is 0 Å². The normalized spacial score (nSPS) is 17.6. The summed E-state index contributed by atoms with van der Waals surface area (Å²) < 4.78 is 65.3. The Balaban J connectivity index is 1.36. The molecule has 0 saturated heterocycles. The molecule has 184 valence electrons. The summed E-state index contributed by atoms with van der Waals surface area (Å²) in [5.41, 5.74) is -0.714. The number of hydrogen-bond acceptors (Lipinski definition) is 7. The van der Waals surface area contributed by atoms with Crippen LogP contribution < -0.4 is 15.4 Å². The molecule has 2 aromatic carbocycles. The molecule has 1 aliphatic carbocycles. The predicted octanol–water partition coefficient (Wildman–Crippen LogP) is 4.64. The van der Waals surface area contributed by atoms with Gasteiger partial charge in [0, 0.05) is 18.2 Å². The van der Waals surface area contributed by atoms with E-state index in [0.717, 1.165) is 6.07 Å². The Kier molecular flexibility index (Phi) is 6.85. The van der Waals surface area contributed by atoms with Crippen LogP contribution in [0.4, 0.5) is 35.0 Å². The Morgan fingerprint density at radius 2 is 1.60 bits per heavy atom. The number of halogens is 4. The molecule has 4 rings (SSSR count). The summed E-state index contributed by atoms with van der Waals surface area (Å²) in [7, 11) is 0. The minimum atomic E-state index is -1.39. The van der Waals surface area contributed by atoms with Gasteiger partial charge in [-0.1, -0.05) is 5.10 Å². The number of amides is 1. The maximum Gasteiger partial charge on any atom is 0.320 e. The Labute approximate surface area is 195 Å². The van der Waals surface area contributed by atoms with Gasteiger partial charge in [0.2, 0.25) is 0 Å². The van der Waals surface area contributed by atoms with E-state index in [2.05, 4.69) is 20.8 Å². The summed E-state index contributed by atoms with van der Waals surface area (Å²) in [4.78, 5) is 23.3. The van der Waals surface area contributed by atoms with Crippen LogP contribution in [-0.4, -0.2) is 33.3 Å². The molecular weight excluding hydrogens is 476 g/mol. The standard InChI is InChI=1S/C22H18F4N4O5/c23-13-8-16(26)18(9-14(13)24)28-22-30-29-20(35-22)19(31)27-17-6-5-12(7-15(17)25)34-11-3-1-10(2-4-11)21(32)33/h5-11H,1-4H2,(H,27,31)(H,28,30)(H,32,33). The van der Waals surface area contributed by atoms with E-state index >= 15 is 0 Å². The number of hydrogen-bond donors (Lipinski definition) is 3. The van der Waals surface area contributed by atoms with Crippen LogP contribution in [0.2, 0.25) is 0 Å². The lowest BCUT2D eigenvalue weighted by atomic mass is 9.87. The van der Waals surface area contributed by atoms with Crippen molar-refractivity contribution >= 4 is 29.3 Å². The lowest BCUT2D eigenvalue weighted by Gasteiger charge is -2.26. The first-order valence-corrected chi connectivity index (χ1v) is 10.4. The van der Waals surface area contributed by atoms with E-state index in [9.17, 15) is 27.2 Å². The zero-order valence-electron chi connectivity index (χ0n) is 17.9. The number of rotatable bonds is 7. The van der Waals surface area contributed by atoms with Gasteiger partial charge in [-0.3, -0.25) is 9.59 Å². The van der Waals surface area contributed by atoms with Crippen molar-refractivity contribution in [2.45, 2.75) is 31.8 Å². The van der Waals surface area contributed by atoms with Gasteiger partial charge in [-0.25, -0.2) is 17.6 Å². The topological polar surface area (TPSA) is 127 Å². The number of anilines is 3. The fourth-order valence-corrected chi connectivity index (χ4v) is 3.57. The summed E-state index contributed by atoms with van der Waals surface area (Å²) in [5.74, 6) is -7.25. The van der Waals surface area contributed by atoms with Crippen LogP contribution in [-0.2, 0) is 4.79 Å². The van der Waals surface area contributed by atoms with Crippen LogP contribution in [0.1, 0.15) is 36.4 Å². The van der Waals surface area contributed by atoms with Crippen LogP contribution in [0.25, 0.3) is 0 Å². The van der Waals surface area contributed by atoms with Crippen molar-refractivity contribution in [3.8, 4) is 5.75 Å². The highest BCUT2D eigenvalue weighted by Gasteiger charge is 2.27. The first kappa shape index (κ1) is 24.0. The van der Waals surface area contributed by atoms with Crippen LogP contribution in [0.5, 0.6) is 5.75 Å². The average Bonchev–Trinajstić information content (AvgIpc) is 3.28. The Morgan fingerprint density at radius 1 is 0.914 bits per heavy atom. The number of carbonyl (C=O) groups excluding carboxylic acids is 1. The van der Waals surface area contributed by atoms with Crippen molar-refractivity contribution in [1.82, 2.24) is 10.2 Å². The molecular formula is C22H18F4N4O5. The molecule has 0 atom stereocenters. The summed E-state index contributed by atoms with van der Waals surface area (Å²) in [6.45, 7) is 0. The maximum absolute atomic E-state index is 14.5.